The van der Waals surface area contributed by atoms with Crippen molar-refractivity contribution in [1.29, 1.82) is 0 Å². The zero-order chi connectivity index (χ0) is 19.6. The minimum Gasteiger partial charge on any atom is -0.457 e. The fourth-order valence-corrected chi connectivity index (χ4v) is 3.58. The standard InChI is InChI=1S/C23H18N4O2/c28-23(25-21-11-14-27(26-21)15-16-9-12-24-13-10-16)22-17-5-1-3-7-19(17)29-20-8-4-2-6-18(20)22/h1-14,22H,15H2,(H,25,26,28). The van der Waals surface area contributed by atoms with E-state index in [1.54, 1.807) is 23.1 Å². The maximum atomic E-state index is 13.2. The highest BCUT2D eigenvalue weighted by molar-refractivity contribution is 5.98. The Bertz CT molecular complexity index is 1120. The van der Waals surface area contributed by atoms with Gasteiger partial charge in [-0.15, -0.1) is 0 Å². The smallest absolute Gasteiger partial charge is 0.237 e. The number of hydrogen-bond donors (Lipinski definition) is 1. The van der Waals surface area contributed by atoms with Crippen LogP contribution in [-0.4, -0.2) is 20.7 Å². The molecule has 1 aliphatic heterocycles. The molecule has 0 unspecified atom stereocenters. The first-order chi connectivity index (χ1) is 14.3. The predicted molar refractivity (Wildman–Crippen MR) is 109 cm³/mol. The molecule has 2 aromatic heterocycles. The number of amides is 1. The van der Waals surface area contributed by atoms with Crippen LogP contribution in [0.5, 0.6) is 11.5 Å². The lowest BCUT2D eigenvalue weighted by molar-refractivity contribution is -0.116. The van der Waals surface area contributed by atoms with Crippen LogP contribution in [0.1, 0.15) is 22.6 Å². The number of nitrogens with one attached hydrogen (secondary N) is 1. The summed E-state index contributed by atoms with van der Waals surface area (Å²) in [5.41, 5.74) is 2.79. The van der Waals surface area contributed by atoms with Crippen molar-refractivity contribution in [2.24, 2.45) is 0 Å². The highest BCUT2D eigenvalue weighted by Crippen LogP contribution is 2.44. The summed E-state index contributed by atoms with van der Waals surface area (Å²) < 4.78 is 7.76. The second kappa shape index (κ2) is 7.24. The van der Waals surface area contributed by atoms with Crippen LogP contribution in [-0.2, 0) is 11.3 Å². The molecule has 6 nitrogen and oxygen atoms in total. The highest BCUT2D eigenvalue weighted by atomic mass is 16.5. The van der Waals surface area contributed by atoms with Crippen molar-refractivity contribution in [1.82, 2.24) is 14.8 Å². The average molecular weight is 382 g/mol. The molecule has 5 rings (SSSR count). The Labute approximate surface area is 167 Å². The van der Waals surface area contributed by atoms with Crippen molar-refractivity contribution in [2.45, 2.75) is 12.5 Å². The number of nitrogens with zero attached hydrogens (tertiary/aromatic N) is 3. The molecule has 2 aromatic carbocycles. The molecule has 6 heteroatoms. The fourth-order valence-electron chi connectivity index (χ4n) is 3.58. The number of aromatic nitrogens is 3. The molecule has 1 aliphatic rings. The molecule has 0 spiro atoms. The predicted octanol–water partition coefficient (Wildman–Crippen LogP) is 4.20. The van der Waals surface area contributed by atoms with E-state index in [4.69, 9.17) is 4.74 Å². The number of rotatable bonds is 4. The van der Waals surface area contributed by atoms with Gasteiger partial charge in [-0.2, -0.15) is 5.10 Å². The van der Waals surface area contributed by atoms with E-state index in [2.05, 4.69) is 15.4 Å². The van der Waals surface area contributed by atoms with Gasteiger partial charge in [-0.3, -0.25) is 14.5 Å². The molecule has 3 heterocycles. The number of ether oxygens (including phenoxy) is 1. The molecule has 0 saturated heterocycles. The van der Waals surface area contributed by atoms with Crippen molar-refractivity contribution >= 4 is 11.7 Å². The number of benzene rings is 2. The van der Waals surface area contributed by atoms with Gasteiger partial charge in [0.15, 0.2) is 5.82 Å². The monoisotopic (exact) mass is 382 g/mol. The second-order valence-corrected chi connectivity index (χ2v) is 6.85. The summed E-state index contributed by atoms with van der Waals surface area (Å²) in [6.45, 7) is 0.612. The summed E-state index contributed by atoms with van der Waals surface area (Å²) in [4.78, 5) is 17.3. The topological polar surface area (TPSA) is 69.0 Å². The van der Waals surface area contributed by atoms with E-state index >= 15 is 0 Å². The minimum atomic E-state index is -0.457. The molecule has 1 amide bonds. The first kappa shape index (κ1) is 17.2. The molecule has 0 bridgehead atoms. The zero-order valence-electron chi connectivity index (χ0n) is 15.5. The van der Waals surface area contributed by atoms with Gasteiger partial charge < -0.3 is 10.1 Å². The third-order valence-electron chi connectivity index (χ3n) is 4.93. The van der Waals surface area contributed by atoms with Gasteiger partial charge in [0.05, 0.1) is 12.5 Å². The van der Waals surface area contributed by atoms with Gasteiger partial charge >= 0.3 is 0 Å². The van der Waals surface area contributed by atoms with Crippen LogP contribution in [0.2, 0.25) is 0 Å². The average Bonchev–Trinajstić information content (AvgIpc) is 3.19. The summed E-state index contributed by atoms with van der Waals surface area (Å²) in [6.07, 6.45) is 5.35. The van der Waals surface area contributed by atoms with Crippen LogP contribution in [0.15, 0.2) is 85.3 Å². The lowest BCUT2D eigenvalue weighted by atomic mass is 9.87. The van der Waals surface area contributed by atoms with Gasteiger partial charge in [0.1, 0.15) is 11.5 Å². The summed E-state index contributed by atoms with van der Waals surface area (Å²) in [5.74, 6) is 1.33. The van der Waals surface area contributed by atoms with Crippen LogP contribution in [0.25, 0.3) is 0 Å². The largest absolute Gasteiger partial charge is 0.457 e. The van der Waals surface area contributed by atoms with Crippen molar-refractivity contribution in [3.8, 4) is 11.5 Å². The van der Waals surface area contributed by atoms with E-state index in [-0.39, 0.29) is 5.91 Å². The van der Waals surface area contributed by atoms with Gasteiger partial charge in [-0.25, -0.2) is 0 Å². The lowest BCUT2D eigenvalue weighted by Crippen LogP contribution is -2.25. The molecule has 0 radical (unpaired) electrons. The molecule has 29 heavy (non-hydrogen) atoms. The molecule has 1 N–H and O–H groups in total. The van der Waals surface area contributed by atoms with Crippen molar-refractivity contribution in [3.63, 3.8) is 0 Å². The van der Waals surface area contributed by atoms with Gasteiger partial charge in [-0.05, 0) is 29.8 Å². The SMILES string of the molecule is O=C(Nc1ccn(Cc2ccncc2)n1)C1c2ccccc2Oc2ccccc21. The van der Waals surface area contributed by atoms with Gasteiger partial charge in [0.25, 0.3) is 0 Å². The first-order valence-electron chi connectivity index (χ1n) is 9.37. The summed E-state index contributed by atoms with van der Waals surface area (Å²) in [6, 6.07) is 21.0. The number of hydrogen-bond acceptors (Lipinski definition) is 4. The molecule has 0 saturated carbocycles. The first-order valence-corrected chi connectivity index (χ1v) is 9.37. The Morgan fingerprint density at radius 2 is 1.59 bits per heavy atom. The molecular formula is C23H18N4O2. The summed E-state index contributed by atoms with van der Waals surface area (Å²) in [7, 11) is 0. The lowest BCUT2D eigenvalue weighted by Gasteiger charge is -2.27. The third kappa shape index (κ3) is 3.36. The normalized spacial score (nSPS) is 12.6. The van der Waals surface area contributed by atoms with E-state index < -0.39 is 5.92 Å². The fraction of sp³-hybridized carbons (Fsp3) is 0.0870. The maximum absolute atomic E-state index is 13.2. The Kier molecular flexibility index (Phi) is 4.29. The van der Waals surface area contributed by atoms with Crippen LogP contribution in [0.4, 0.5) is 5.82 Å². The van der Waals surface area contributed by atoms with Gasteiger partial charge in [0.2, 0.25) is 5.91 Å². The molecule has 0 fully saturated rings. The number of carbonyl (C=O) groups is 1. The van der Waals surface area contributed by atoms with E-state index in [1.807, 2.05) is 66.9 Å². The second-order valence-electron chi connectivity index (χ2n) is 6.85. The molecule has 0 atom stereocenters. The molecule has 142 valence electrons. The van der Waals surface area contributed by atoms with Crippen LogP contribution < -0.4 is 10.1 Å². The quantitative estimate of drug-likeness (QED) is 0.574. The summed E-state index contributed by atoms with van der Waals surface area (Å²) >= 11 is 0. The maximum Gasteiger partial charge on any atom is 0.237 e. The Hall–Kier alpha value is -3.93. The number of fused-ring (bicyclic) bond motifs is 2. The van der Waals surface area contributed by atoms with Crippen LogP contribution in [0.3, 0.4) is 0 Å². The van der Waals surface area contributed by atoms with Crippen molar-refractivity contribution in [3.05, 3.63) is 102 Å². The van der Waals surface area contributed by atoms with E-state index in [9.17, 15) is 4.79 Å². The molecular weight excluding hydrogens is 364 g/mol. The van der Waals surface area contributed by atoms with Gasteiger partial charge in [-0.1, -0.05) is 36.4 Å². The third-order valence-corrected chi connectivity index (χ3v) is 4.93. The van der Waals surface area contributed by atoms with Crippen molar-refractivity contribution in [2.75, 3.05) is 5.32 Å². The Morgan fingerprint density at radius 1 is 0.931 bits per heavy atom. The van der Waals surface area contributed by atoms with E-state index in [0.717, 1.165) is 16.7 Å². The number of pyridine rings is 1. The van der Waals surface area contributed by atoms with Crippen LogP contribution in [0, 0.1) is 0 Å². The van der Waals surface area contributed by atoms with E-state index in [0.29, 0.717) is 23.9 Å². The Morgan fingerprint density at radius 3 is 2.28 bits per heavy atom. The van der Waals surface area contributed by atoms with Crippen molar-refractivity contribution < 1.29 is 9.53 Å². The van der Waals surface area contributed by atoms with Gasteiger partial charge in [0, 0.05) is 35.8 Å². The number of anilines is 1. The number of para-hydroxylation sites is 2. The molecule has 4 aromatic rings. The number of carbonyl (C=O) groups excluding carboxylic acids is 1. The minimum absolute atomic E-state index is 0.137. The summed E-state index contributed by atoms with van der Waals surface area (Å²) in [5, 5.41) is 7.45. The highest BCUT2D eigenvalue weighted by Gasteiger charge is 2.32. The van der Waals surface area contributed by atoms with E-state index in [1.165, 1.54) is 0 Å². The molecule has 0 aliphatic carbocycles. The van der Waals surface area contributed by atoms with Crippen LogP contribution >= 0.6 is 0 Å². The Balaban J connectivity index is 1.40. The zero-order valence-corrected chi connectivity index (χ0v) is 15.5.